The van der Waals surface area contributed by atoms with Gasteiger partial charge in [-0.1, -0.05) is 0 Å². The average Bonchev–Trinajstić information content (AvgIpc) is 2.20. The molecule has 1 rings (SSSR count). The van der Waals surface area contributed by atoms with Crippen molar-refractivity contribution in [1.82, 2.24) is 4.98 Å². The van der Waals surface area contributed by atoms with Crippen LogP contribution >= 0.6 is 0 Å². The van der Waals surface area contributed by atoms with Gasteiger partial charge >= 0.3 is 12.1 Å². The third-order valence-electron chi connectivity index (χ3n) is 1.87. The summed E-state index contributed by atoms with van der Waals surface area (Å²) in [5.41, 5.74) is -1.62. The first-order valence-corrected chi connectivity index (χ1v) is 4.71. The van der Waals surface area contributed by atoms with E-state index in [0.29, 0.717) is 12.3 Å². The molecule has 7 heteroatoms. The van der Waals surface area contributed by atoms with E-state index in [1.807, 2.05) is 0 Å². The summed E-state index contributed by atoms with van der Waals surface area (Å²) < 4.78 is 54.5. The Morgan fingerprint density at radius 1 is 1.47 bits per heavy atom. The van der Waals surface area contributed by atoms with Crippen molar-refractivity contribution in [3.8, 4) is 0 Å². The zero-order chi connectivity index (χ0) is 13.1. The smallest absolute Gasteiger partial charge is 0.433 e. The first kappa shape index (κ1) is 13.4. The predicted octanol–water partition coefficient (Wildman–Crippen LogP) is 2.35. The molecule has 1 aromatic heterocycles. The topological polar surface area (TPSA) is 39.2 Å². The number of halogens is 4. The molecule has 0 aromatic carbocycles. The van der Waals surface area contributed by atoms with E-state index in [2.05, 4.69) is 9.72 Å². The SMILES string of the molecule is CCOC(=O)Cc1cc(C(F)(F)F)ncc1F. The van der Waals surface area contributed by atoms with E-state index in [4.69, 9.17) is 0 Å². The minimum absolute atomic E-state index is 0.0810. The van der Waals surface area contributed by atoms with Gasteiger partial charge < -0.3 is 4.74 Å². The molecule has 0 bridgehead atoms. The summed E-state index contributed by atoms with van der Waals surface area (Å²) in [7, 11) is 0. The first-order chi connectivity index (χ1) is 7.84. The highest BCUT2D eigenvalue weighted by Crippen LogP contribution is 2.28. The van der Waals surface area contributed by atoms with Crippen molar-refractivity contribution in [2.24, 2.45) is 0 Å². The molecule has 0 fully saturated rings. The summed E-state index contributed by atoms with van der Waals surface area (Å²) in [5, 5.41) is 0. The standard InChI is InChI=1S/C10H9F4NO2/c1-2-17-9(16)4-6-3-8(10(12,13)14)15-5-7(6)11/h3,5H,2,4H2,1H3. The summed E-state index contributed by atoms with van der Waals surface area (Å²) in [6.07, 6.45) is -4.78. The van der Waals surface area contributed by atoms with Gasteiger partial charge in [0.2, 0.25) is 0 Å². The van der Waals surface area contributed by atoms with Crippen LogP contribution in [-0.4, -0.2) is 17.6 Å². The minimum atomic E-state index is -4.67. The number of carbonyl (C=O) groups excluding carboxylic acids is 1. The molecule has 94 valence electrons. The van der Waals surface area contributed by atoms with E-state index >= 15 is 0 Å². The molecular formula is C10H9F4NO2. The molecule has 1 heterocycles. The van der Waals surface area contributed by atoms with Crippen LogP contribution in [0.5, 0.6) is 0 Å². The number of hydrogen-bond donors (Lipinski definition) is 0. The summed E-state index contributed by atoms with van der Waals surface area (Å²) in [4.78, 5) is 13.9. The lowest BCUT2D eigenvalue weighted by molar-refractivity contribution is -0.143. The van der Waals surface area contributed by atoms with E-state index in [-0.39, 0.29) is 12.2 Å². The number of aromatic nitrogens is 1. The lowest BCUT2D eigenvalue weighted by Gasteiger charge is -2.08. The number of pyridine rings is 1. The van der Waals surface area contributed by atoms with Crippen molar-refractivity contribution in [1.29, 1.82) is 0 Å². The van der Waals surface area contributed by atoms with Gasteiger partial charge in [0.15, 0.2) is 0 Å². The maximum Gasteiger partial charge on any atom is 0.433 e. The van der Waals surface area contributed by atoms with Crippen molar-refractivity contribution in [2.45, 2.75) is 19.5 Å². The molecule has 17 heavy (non-hydrogen) atoms. The Balaban J connectivity index is 2.95. The van der Waals surface area contributed by atoms with Gasteiger partial charge in [-0.15, -0.1) is 0 Å². The highest BCUT2D eigenvalue weighted by molar-refractivity contribution is 5.72. The molecule has 0 atom stereocenters. The maximum absolute atomic E-state index is 13.1. The predicted molar refractivity (Wildman–Crippen MR) is 49.5 cm³/mol. The molecule has 0 radical (unpaired) electrons. The molecule has 0 amide bonds. The van der Waals surface area contributed by atoms with Crippen LogP contribution in [0.3, 0.4) is 0 Å². The summed E-state index contributed by atoms with van der Waals surface area (Å²) in [5.74, 6) is -1.75. The number of esters is 1. The van der Waals surface area contributed by atoms with Gasteiger partial charge in [0.25, 0.3) is 0 Å². The Kier molecular flexibility index (Phi) is 4.03. The molecule has 0 spiro atoms. The molecule has 0 saturated heterocycles. The van der Waals surface area contributed by atoms with E-state index in [1.165, 1.54) is 0 Å². The number of ether oxygens (including phenoxy) is 1. The summed E-state index contributed by atoms with van der Waals surface area (Å²) >= 11 is 0. The van der Waals surface area contributed by atoms with Gasteiger partial charge in [0.05, 0.1) is 19.2 Å². The molecule has 0 saturated carbocycles. The van der Waals surface area contributed by atoms with E-state index in [1.54, 1.807) is 6.92 Å². The average molecular weight is 251 g/mol. The van der Waals surface area contributed by atoms with Crippen molar-refractivity contribution in [3.05, 3.63) is 29.3 Å². The minimum Gasteiger partial charge on any atom is -0.466 e. The van der Waals surface area contributed by atoms with E-state index < -0.39 is 30.1 Å². The Morgan fingerprint density at radius 3 is 2.65 bits per heavy atom. The molecular weight excluding hydrogens is 242 g/mol. The Labute approximate surface area is 94.4 Å². The van der Waals surface area contributed by atoms with Gasteiger partial charge in [-0.25, -0.2) is 9.37 Å². The molecule has 0 aliphatic rings. The van der Waals surface area contributed by atoms with Crippen LogP contribution in [0.4, 0.5) is 17.6 Å². The molecule has 1 aromatic rings. The van der Waals surface area contributed by atoms with Crippen LogP contribution < -0.4 is 0 Å². The molecule has 0 aliphatic heterocycles. The second kappa shape index (κ2) is 5.11. The van der Waals surface area contributed by atoms with Crippen molar-refractivity contribution < 1.29 is 27.1 Å². The van der Waals surface area contributed by atoms with Crippen molar-refractivity contribution in [2.75, 3.05) is 6.61 Å². The lowest BCUT2D eigenvalue weighted by atomic mass is 10.1. The quantitative estimate of drug-likeness (QED) is 0.611. The molecule has 3 nitrogen and oxygen atoms in total. The second-order valence-corrected chi connectivity index (χ2v) is 3.14. The van der Waals surface area contributed by atoms with Crippen molar-refractivity contribution in [3.63, 3.8) is 0 Å². The monoisotopic (exact) mass is 251 g/mol. The number of alkyl halides is 3. The summed E-state index contributed by atoms with van der Waals surface area (Å²) in [6.45, 7) is 1.62. The van der Waals surface area contributed by atoms with Crippen LogP contribution in [0.15, 0.2) is 12.3 Å². The fourth-order valence-corrected chi connectivity index (χ4v) is 1.14. The Bertz CT molecular complexity index is 417. The normalized spacial score (nSPS) is 11.4. The largest absolute Gasteiger partial charge is 0.466 e. The second-order valence-electron chi connectivity index (χ2n) is 3.14. The van der Waals surface area contributed by atoms with Crippen molar-refractivity contribution >= 4 is 5.97 Å². The Morgan fingerprint density at radius 2 is 2.12 bits per heavy atom. The van der Waals surface area contributed by atoms with Gasteiger partial charge in [-0.05, 0) is 13.0 Å². The zero-order valence-electron chi connectivity index (χ0n) is 8.84. The number of nitrogens with zero attached hydrogens (tertiary/aromatic N) is 1. The van der Waals surface area contributed by atoms with Crippen LogP contribution in [-0.2, 0) is 22.1 Å². The maximum atomic E-state index is 13.1. The van der Waals surface area contributed by atoms with Gasteiger partial charge in [0.1, 0.15) is 11.5 Å². The fraction of sp³-hybridized carbons (Fsp3) is 0.400. The highest BCUT2D eigenvalue weighted by Gasteiger charge is 2.33. The molecule has 0 aliphatic carbocycles. The van der Waals surface area contributed by atoms with Crippen LogP contribution in [0, 0.1) is 5.82 Å². The molecule has 0 unspecified atom stereocenters. The number of carbonyl (C=O) groups is 1. The van der Waals surface area contributed by atoms with Gasteiger partial charge in [-0.2, -0.15) is 13.2 Å². The van der Waals surface area contributed by atoms with Gasteiger partial charge in [-0.3, -0.25) is 4.79 Å². The Hall–Kier alpha value is -1.66. The summed E-state index contributed by atoms with van der Waals surface area (Å²) in [6, 6.07) is 0.506. The molecule has 0 N–H and O–H groups in total. The number of hydrogen-bond acceptors (Lipinski definition) is 3. The van der Waals surface area contributed by atoms with E-state index in [0.717, 1.165) is 0 Å². The van der Waals surface area contributed by atoms with Crippen LogP contribution in [0.2, 0.25) is 0 Å². The first-order valence-electron chi connectivity index (χ1n) is 4.71. The fourth-order valence-electron chi connectivity index (χ4n) is 1.14. The van der Waals surface area contributed by atoms with E-state index in [9.17, 15) is 22.4 Å². The highest BCUT2D eigenvalue weighted by atomic mass is 19.4. The third-order valence-corrected chi connectivity index (χ3v) is 1.87. The number of rotatable bonds is 3. The zero-order valence-corrected chi connectivity index (χ0v) is 8.84. The lowest BCUT2D eigenvalue weighted by Crippen LogP contribution is -2.13. The van der Waals surface area contributed by atoms with Gasteiger partial charge in [0, 0.05) is 5.56 Å². The van der Waals surface area contributed by atoms with Crippen LogP contribution in [0.25, 0.3) is 0 Å². The third kappa shape index (κ3) is 3.69. The van der Waals surface area contributed by atoms with Crippen LogP contribution in [0.1, 0.15) is 18.2 Å².